The van der Waals surface area contributed by atoms with Crippen LogP contribution < -0.4 is 5.32 Å². The molecule has 0 aromatic rings. The molecule has 0 aromatic heterocycles. The first kappa shape index (κ1) is 12.4. The SMILES string of the molecule is CC(C)CC1CN(CC2CC2)C(C)(C)CN1. The smallest absolute Gasteiger partial charge is 0.0278 e. The van der Waals surface area contributed by atoms with Crippen LogP contribution in [-0.4, -0.2) is 36.1 Å². The standard InChI is InChI=1S/C14H28N2/c1-11(2)7-13-9-16(8-12-5-6-12)14(3,4)10-15-13/h11-13,15H,5-10H2,1-4H3. The van der Waals surface area contributed by atoms with Crippen LogP contribution in [0.1, 0.15) is 47.0 Å². The summed E-state index contributed by atoms with van der Waals surface area (Å²) < 4.78 is 0. The first-order valence-corrected chi connectivity index (χ1v) is 6.96. The Morgan fingerprint density at radius 1 is 1.31 bits per heavy atom. The fraction of sp³-hybridized carbons (Fsp3) is 1.00. The topological polar surface area (TPSA) is 15.3 Å². The first-order valence-electron chi connectivity index (χ1n) is 6.96. The van der Waals surface area contributed by atoms with E-state index in [1.54, 1.807) is 0 Å². The predicted octanol–water partition coefficient (Wildman–Crippen LogP) is 2.49. The van der Waals surface area contributed by atoms with Crippen LogP contribution in [0.3, 0.4) is 0 Å². The molecule has 0 amide bonds. The van der Waals surface area contributed by atoms with Gasteiger partial charge in [-0.3, -0.25) is 4.90 Å². The minimum absolute atomic E-state index is 0.357. The molecule has 2 aliphatic rings. The summed E-state index contributed by atoms with van der Waals surface area (Å²) in [6, 6.07) is 0.715. The second-order valence-electron chi connectivity index (χ2n) is 6.87. The molecule has 1 saturated heterocycles. The monoisotopic (exact) mass is 224 g/mol. The Morgan fingerprint density at radius 3 is 2.56 bits per heavy atom. The van der Waals surface area contributed by atoms with Gasteiger partial charge in [-0.15, -0.1) is 0 Å². The average Bonchev–Trinajstić information content (AvgIpc) is 2.94. The Bertz CT molecular complexity index is 231. The van der Waals surface area contributed by atoms with Crippen LogP contribution in [0.2, 0.25) is 0 Å². The van der Waals surface area contributed by atoms with Gasteiger partial charge in [0.1, 0.15) is 0 Å². The highest BCUT2D eigenvalue weighted by atomic mass is 15.3. The Kier molecular flexibility index (Phi) is 3.60. The Labute approximate surface area is 101 Å². The van der Waals surface area contributed by atoms with Crippen molar-refractivity contribution in [3.8, 4) is 0 Å². The maximum Gasteiger partial charge on any atom is 0.0278 e. The zero-order chi connectivity index (χ0) is 11.8. The quantitative estimate of drug-likeness (QED) is 0.789. The van der Waals surface area contributed by atoms with E-state index in [2.05, 4.69) is 37.9 Å². The molecule has 1 aliphatic carbocycles. The Balaban J connectivity index is 1.89. The molecule has 2 fully saturated rings. The number of hydrogen-bond donors (Lipinski definition) is 1. The second-order valence-corrected chi connectivity index (χ2v) is 6.87. The van der Waals surface area contributed by atoms with Gasteiger partial charge in [-0.1, -0.05) is 13.8 Å². The lowest BCUT2D eigenvalue weighted by Crippen LogP contribution is -2.62. The summed E-state index contributed by atoms with van der Waals surface area (Å²) in [5.74, 6) is 1.82. The third kappa shape index (κ3) is 3.21. The highest BCUT2D eigenvalue weighted by molar-refractivity contribution is 4.95. The van der Waals surface area contributed by atoms with Gasteiger partial charge in [0.15, 0.2) is 0 Å². The van der Waals surface area contributed by atoms with Crippen molar-refractivity contribution in [2.45, 2.75) is 58.5 Å². The normalized spacial score (nSPS) is 30.9. The zero-order valence-corrected chi connectivity index (χ0v) is 11.4. The minimum Gasteiger partial charge on any atom is -0.311 e. The lowest BCUT2D eigenvalue weighted by atomic mass is 9.93. The number of nitrogens with zero attached hydrogens (tertiary/aromatic N) is 1. The van der Waals surface area contributed by atoms with Crippen molar-refractivity contribution in [1.82, 2.24) is 10.2 Å². The lowest BCUT2D eigenvalue weighted by Gasteiger charge is -2.46. The van der Waals surface area contributed by atoms with E-state index in [0.29, 0.717) is 11.6 Å². The van der Waals surface area contributed by atoms with Gasteiger partial charge in [-0.25, -0.2) is 0 Å². The molecule has 2 rings (SSSR count). The molecule has 1 saturated carbocycles. The molecule has 1 atom stereocenters. The van der Waals surface area contributed by atoms with Gasteiger partial charge in [0.25, 0.3) is 0 Å². The molecule has 0 spiro atoms. The van der Waals surface area contributed by atoms with Gasteiger partial charge in [0.05, 0.1) is 0 Å². The van der Waals surface area contributed by atoms with Gasteiger partial charge >= 0.3 is 0 Å². The van der Waals surface area contributed by atoms with Crippen LogP contribution in [0.5, 0.6) is 0 Å². The first-order chi connectivity index (χ1) is 7.47. The highest BCUT2D eigenvalue weighted by Crippen LogP contribution is 2.33. The second kappa shape index (κ2) is 4.66. The Hall–Kier alpha value is -0.0800. The molecular formula is C14H28N2. The third-order valence-electron chi connectivity index (χ3n) is 4.05. The highest BCUT2D eigenvalue weighted by Gasteiger charge is 2.37. The number of rotatable bonds is 4. The van der Waals surface area contributed by atoms with Gasteiger partial charge in [0.2, 0.25) is 0 Å². The van der Waals surface area contributed by atoms with Crippen molar-refractivity contribution < 1.29 is 0 Å². The summed E-state index contributed by atoms with van der Waals surface area (Å²) in [7, 11) is 0. The predicted molar refractivity (Wildman–Crippen MR) is 69.6 cm³/mol. The van der Waals surface area contributed by atoms with Gasteiger partial charge in [0, 0.05) is 31.2 Å². The summed E-state index contributed by atoms with van der Waals surface area (Å²) in [5, 5.41) is 3.72. The molecule has 94 valence electrons. The van der Waals surface area contributed by atoms with E-state index >= 15 is 0 Å². The lowest BCUT2D eigenvalue weighted by molar-refractivity contribution is 0.0565. The fourth-order valence-corrected chi connectivity index (χ4v) is 2.74. The van der Waals surface area contributed by atoms with Crippen molar-refractivity contribution >= 4 is 0 Å². The Morgan fingerprint density at radius 2 is 2.00 bits per heavy atom. The van der Waals surface area contributed by atoms with E-state index in [9.17, 15) is 0 Å². The fourth-order valence-electron chi connectivity index (χ4n) is 2.74. The molecule has 1 unspecified atom stereocenters. The van der Waals surface area contributed by atoms with E-state index in [1.807, 2.05) is 0 Å². The van der Waals surface area contributed by atoms with E-state index in [0.717, 1.165) is 18.4 Å². The molecule has 0 aromatic carbocycles. The molecule has 2 nitrogen and oxygen atoms in total. The van der Waals surface area contributed by atoms with Crippen LogP contribution in [0, 0.1) is 11.8 Å². The third-order valence-corrected chi connectivity index (χ3v) is 4.05. The summed E-state index contributed by atoms with van der Waals surface area (Å²) in [6.07, 6.45) is 4.25. The van der Waals surface area contributed by atoms with E-state index < -0.39 is 0 Å². The summed E-state index contributed by atoms with van der Waals surface area (Å²) in [4.78, 5) is 2.73. The van der Waals surface area contributed by atoms with E-state index in [-0.39, 0.29) is 0 Å². The van der Waals surface area contributed by atoms with Gasteiger partial charge < -0.3 is 5.32 Å². The molecule has 1 N–H and O–H groups in total. The summed E-state index contributed by atoms with van der Waals surface area (Å²) >= 11 is 0. The van der Waals surface area contributed by atoms with Crippen LogP contribution in [0.4, 0.5) is 0 Å². The summed E-state index contributed by atoms with van der Waals surface area (Å²) in [6.45, 7) is 13.2. The van der Waals surface area contributed by atoms with Crippen molar-refractivity contribution in [3.63, 3.8) is 0 Å². The van der Waals surface area contributed by atoms with Crippen LogP contribution in [-0.2, 0) is 0 Å². The van der Waals surface area contributed by atoms with E-state index in [4.69, 9.17) is 0 Å². The van der Waals surface area contributed by atoms with Gasteiger partial charge in [-0.2, -0.15) is 0 Å². The largest absolute Gasteiger partial charge is 0.311 e. The molecule has 1 aliphatic heterocycles. The van der Waals surface area contributed by atoms with Crippen LogP contribution in [0.15, 0.2) is 0 Å². The molecule has 16 heavy (non-hydrogen) atoms. The molecule has 1 heterocycles. The van der Waals surface area contributed by atoms with Crippen molar-refractivity contribution in [1.29, 1.82) is 0 Å². The number of piperazine rings is 1. The van der Waals surface area contributed by atoms with Crippen LogP contribution in [0.25, 0.3) is 0 Å². The maximum atomic E-state index is 3.72. The van der Waals surface area contributed by atoms with Crippen molar-refractivity contribution in [2.24, 2.45) is 11.8 Å². The average molecular weight is 224 g/mol. The summed E-state index contributed by atoms with van der Waals surface area (Å²) in [5.41, 5.74) is 0.357. The van der Waals surface area contributed by atoms with Gasteiger partial charge in [-0.05, 0) is 44.9 Å². The van der Waals surface area contributed by atoms with Crippen LogP contribution >= 0.6 is 0 Å². The number of nitrogens with one attached hydrogen (secondary N) is 1. The van der Waals surface area contributed by atoms with Crippen molar-refractivity contribution in [3.05, 3.63) is 0 Å². The molecule has 2 heteroatoms. The maximum absolute atomic E-state index is 3.72. The minimum atomic E-state index is 0.357. The molecule has 0 bridgehead atoms. The molecule has 0 radical (unpaired) electrons. The zero-order valence-electron chi connectivity index (χ0n) is 11.4. The van der Waals surface area contributed by atoms with E-state index in [1.165, 1.54) is 32.4 Å². The molecular weight excluding hydrogens is 196 g/mol. The van der Waals surface area contributed by atoms with Crippen molar-refractivity contribution in [2.75, 3.05) is 19.6 Å². The number of hydrogen-bond acceptors (Lipinski definition) is 2.